The molecule has 7 heteroatoms. The van der Waals surface area contributed by atoms with Gasteiger partial charge in [0.1, 0.15) is 0 Å². The number of rotatable bonds is 6. The van der Waals surface area contributed by atoms with E-state index in [4.69, 9.17) is 4.74 Å². The molecular formula is C10H19N5O2. The van der Waals surface area contributed by atoms with Crippen LogP contribution in [0.3, 0.4) is 0 Å². The van der Waals surface area contributed by atoms with Crippen molar-refractivity contribution < 1.29 is 9.84 Å². The molecule has 1 atom stereocenters. The highest BCUT2D eigenvalue weighted by atomic mass is 16.5. The Balaban J connectivity index is 2.89. The van der Waals surface area contributed by atoms with Crippen LogP contribution in [0.15, 0.2) is 0 Å². The molecule has 1 aromatic rings. The van der Waals surface area contributed by atoms with E-state index in [0.29, 0.717) is 11.9 Å². The van der Waals surface area contributed by atoms with E-state index < -0.39 is 0 Å². The zero-order chi connectivity index (χ0) is 12.8. The van der Waals surface area contributed by atoms with Gasteiger partial charge in [-0.3, -0.25) is 0 Å². The Bertz CT molecular complexity index is 336. The number of hydrogen-bond donors (Lipinski definition) is 3. The predicted molar refractivity (Wildman–Crippen MR) is 65.3 cm³/mol. The van der Waals surface area contributed by atoms with E-state index in [-0.39, 0.29) is 24.6 Å². The number of ether oxygens (including phenoxy) is 1. The predicted octanol–water partition coefficient (Wildman–Crippen LogP) is 0.351. The first-order chi connectivity index (χ1) is 8.10. The highest BCUT2D eigenvalue weighted by Crippen LogP contribution is 2.13. The van der Waals surface area contributed by atoms with Crippen molar-refractivity contribution in [3.63, 3.8) is 0 Å². The minimum absolute atomic E-state index is 0.0144. The van der Waals surface area contributed by atoms with Gasteiger partial charge in [-0.2, -0.15) is 15.0 Å². The number of aliphatic hydroxyl groups excluding tert-OH is 1. The molecule has 0 aliphatic rings. The van der Waals surface area contributed by atoms with Crippen LogP contribution in [0.2, 0.25) is 0 Å². The van der Waals surface area contributed by atoms with Gasteiger partial charge >= 0.3 is 6.01 Å². The maximum atomic E-state index is 9.23. The third-order valence-corrected chi connectivity index (χ3v) is 2.34. The molecule has 0 bridgehead atoms. The fourth-order valence-electron chi connectivity index (χ4n) is 1.21. The van der Waals surface area contributed by atoms with Crippen LogP contribution in [-0.4, -0.2) is 46.9 Å². The van der Waals surface area contributed by atoms with E-state index in [1.54, 1.807) is 7.05 Å². The lowest BCUT2D eigenvalue weighted by atomic mass is 10.1. The monoisotopic (exact) mass is 241 g/mol. The lowest BCUT2D eigenvalue weighted by Gasteiger charge is -2.19. The maximum absolute atomic E-state index is 9.23. The van der Waals surface area contributed by atoms with Gasteiger partial charge in [0.15, 0.2) is 0 Å². The Labute approximate surface area is 101 Å². The van der Waals surface area contributed by atoms with Gasteiger partial charge in [-0.25, -0.2) is 0 Å². The van der Waals surface area contributed by atoms with Gasteiger partial charge in [0.05, 0.1) is 19.8 Å². The minimum atomic E-state index is -0.105. The van der Waals surface area contributed by atoms with Crippen LogP contribution < -0.4 is 15.4 Å². The summed E-state index contributed by atoms with van der Waals surface area (Å²) in [5.74, 6) is 1.06. The zero-order valence-electron chi connectivity index (χ0n) is 10.6. The molecule has 1 rings (SSSR count). The molecular weight excluding hydrogens is 222 g/mol. The summed E-state index contributed by atoms with van der Waals surface area (Å²) in [5, 5.41) is 15.1. The van der Waals surface area contributed by atoms with Crippen molar-refractivity contribution in [2.24, 2.45) is 5.92 Å². The summed E-state index contributed by atoms with van der Waals surface area (Å²) < 4.78 is 4.97. The molecule has 17 heavy (non-hydrogen) atoms. The molecule has 0 fully saturated rings. The highest BCUT2D eigenvalue weighted by Gasteiger charge is 2.14. The molecule has 0 saturated heterocycles. The van der Waals surface area contributed by atoms with Crippen molar-refractivity contribution in [2.75, 3.05) is 31.4 Å². The summed E-state index contributed by atoms with van der Waals surface area (Å²) in [6, 6.07) is 0.124. The molecule has 7 nitrogen and oxygen atoms in total. The maximum Gasteiger partial charge on any atom is 0.322 e. The molecule has 1 heterocycles. The van der Waals surface area contributed by atoms with E-state index in [9.17, 15) is 5.11 Å². The molecule has 0 amide bonds. The summed E-state index contributed by atoms with van der Waals surface area (Å²) >= 11 is 0. The van der Waals surface area contributed by atoms with Crippen molar-refractivity contribution in [3.05, 3.63) is 0 Å². The third-order valence-electron chi connectivity index (χ3n) is 2.34. The summed E-state index contributed by atoms with van der Waals surface area (Å²) in [6.07, 6.45) is 0. The Morgan fingerprint density at radius 2 is 1.88 bits per heavy atom. The van der Waals surface area contributed by atoms with Gasteiger partial charge in [-0.1, -0.05) is 13.8 Å². The lowest BCUT2D eigenvalue weighted by molar-refractivity contribution is 0.248. The number of aromatic nitrogens is 3. The molecule has 0 spiro atoms. The van der Waals surface area contributed by atoms with Crippen molar-refractivity contribution in [1.29, 1.82) is 0 Å². The first kappa shape index (κ1) is 13.4. The second-order valence-electron chi connectivity index (χ2n) is 3.90. The average Bonchev–Trinajstić information content (AvgIpc) is 2.34. The van der Waals surface area contributed by atoms with Gasteiger partial charge < -0.3 is 20.5 Å². The highest BCUT2D eigenvalue weighted by molar-refractivity contribution is 5.36. The van der Waals surface area contributed by atoms with Crippen molar-refractivity contribution in [2.45, 2.75) is 19.9 Å². The molecule has 0 saturated carbocycles. The van der Waals surface area contributed by atoms with E-state index >= 15 is 0 Å². The lowest BCUT2D eigenvalue weighted by Crippen LogP contribution is -2.30. The van der Waals surface area contributed by atoms with Crippen LogP contribution in [0.5, 0.6) is 6.01 Å². The van der Waals surface area contributed by atoms with E-state index in [2.05, 4.69) is 25.6 Å². The minimum Gasteiger partial charge on any atom is -0.467 e. The van der Waals surface area contributed by atoms with Crippen molar-refractivity contribution >= 4 is 11.9 Å². The van der Waals surface area contributed by atoms with E-state index in [0.717, 1.165) is 0 Å². The first-order valence-electron chi connectivity index (χ1n) is 5.46. The number of aliphatic hydroxyl groups is 1. The van der Waals surface area contributed by atoms with Crippen LogP contribution in [0.1, 0.15) is 13.8 Å². The second kappa shape index (κ2) is 6.19. The molecule has 96 valence electrons. The van der Waals surface area contributed by atoms with Crippen LogP contribution >= 0.6 is 0 Å². The Morgan fingerprint density at radius 3 is 2.35 bits per heavy atom. The topological polar surface area (TPSA) is 92.2 Å². The fraction of sp³-hybridized carbons (Fsp3) is 0.700. The number of hydrogen-bond acceptors (Lipinski definition) is 7. The first-order valence-corrected chi connectivity index (χ1v) is 5.46. The fourth-order valence-corrected chi connectivity index (χ4v) is 1.21. The second-order valence-corrected chi connectivity index (χ2v) is 3.90. The van der Waals surface area contributed by atoms with E-state index in [1.807, 2.05) is 13.8 Å². The number of anilines is 2. The molecule has 0 aliphatic carbocycles. The van der Waals surface area contributed by atoms with Gasteiger partial charge in [-0.05, 0) is 5.92 Å². The van der Waals surface area contributed by atoms with Crippen LogP contribution in [0, 0.1) is 5.92 Å². The van der Waals surface area contributed by atoms with Gasteiger partial charge in [0, 0.05) is 7.05 Å². The normalized spacial score (nSPS) is 12.4. The van der Waals surface area contributed by atoms with Gasteiger partial charge in [0.2, 0.25) is 11.9 Å². The molecule has 1 aromatic heterocycles. The number of nitrogens with one attached hydrogen (secondary N) is 2. The summed E-state index contributed by atoms with van der Waals surface area (Å²) in [4.78, 5) is 12.2. The van der Waals surface area contributed by atoms with Crippen LogP contribution in [0.25, 0.3) is 0 Å². The largest absolute Gasteiger partial charge is 0.467 e. The summed E-state index contributed by atoms with van der Waals surface area (Å²) in [6.45, 7) is 4.02. The molecule has 3 N–H and O–H groups in total. The Morgan fingerprint density at radius 1 is 1.24 bits per heavy atom. The standard InChI is InChI=1S/C10H19N5O2/c1-6(2)7(5-16)12-9-13-8(11-3)14-10(15-9)17-4/h6-7,16H,5H2,1-4H3,(H2,11,12,13,14,15)/t7-/m1/s1. The average molecular weight is 241 g/mol. The molecule has 0 aromatic carbocycles. The SMILES string of the molecule is CNc1nc(N[C@H](CO)C(C)C)nc(OC)n1. The number of nitrogens with zero attached hydrogens (tertiary/aromatic N) is 3. The van der Waals surface area contributed by atoms with Crippen LogP contribution in [0.4, 0.5) is 11.9 Å². The van der Waals surface area contributed by atoms with E-state index in [1.165, 1.54) is 7.11 Å². The zero-order valence-corrected chi connectivity index (χ0v) is 10.6. The number of methoxy groups -OCH3 is 1. The molecule has 0 aliphatic heterocycles. The van der Waals surface area contributed by atoms with Crippen molar-refractivity contribution in [1.82, 2.24) is 15.0 Å². The quantitative estimate of drug-likeness (QED) is 0.661. The van der Waals surface area contributed by atoms with Gasteiger partial charge in [0.25, 0.3) is 0 Å². The Hall–Kier alpha value is -1.63. The van der Waals surface area contributed by atoms with Crippen molar-refractivity contribution in [3.8, 4) is 6.01 Å². The van der Waals surface area contributed by atoms with Crippen LogP contribution in [-0.2, 0) is 0 Å². The third kappa shape index (κ3) is 3.70. The smallest absolute Gasteiger partial charge is 0.322 e. The Kier molecular flexibility index (Phi) is 4.89. The molecule has 0 radical (unpaired) electrons. The summed E-state index contributed by atoms with van der Waals surface area (Å²) in [5.41, 5.74) is 0. The molecule has 0 unspecified atom stereocenters. The summed E-state index contributed by atoms with van der Waals surface area (Å²) in [7, 11) is 3.20. The van der Waals surface area contributed by atoms with Gasteiger partial charge in [-0.15, -0.1) is 0 Å².